The van der Waals surface area contributed by atoms with Gasteiger partial charge in [-0.05, 0) is 28.7 Å². The van der Waals surface area contributed by atoms with Crippen molar-refractivity contribution in [3.05, 3.63) is 21.5 Å². The molecule has 1 heterocycles. The number of halogens is 4. The lowest BCUT2D eigenvalue weighted by atomic mass is 10.3. The van der Waals surface area contributed by atoms with Gasteiger partial charge >= 0.3 is 6.18 Å². The second-order valence-electron chi connectivity index (χ2n) is 2.00. The Balaban J connectivity index is 3.26. The van der Waals surface area contributed by atoms with Gasteiger partial charge in [0.15, 0.2) is 0 Å². The molecule has 0 aliphatic carbocycles. The van der Waals surface area contributed by atoms with Crippen LogP contribution in [0.3, 0.4) is 0 Å². The maximum absolute atomic E-state index is 12.1. The average molecular weight is 305 g/mol. The van der Waals surface area contributed by atoms with Crippen molar-refractivity contribution in [3.63, 3.8) is 0 Å². The Kier molecular flexibility index (Phi) is 2.87. The van der Waals surface area contributed by atoms with Crippen molar-refractivity contribution in [1.82, 2.24) is 4.98 Å². The van der Waals surface area contributed by atoms with Crippen LogP contribution in [-0.2, 0) is 6.18 Å². The topological polar surface area (TPSA) is 12.9 Å². The molecule has 6 heteroatoms. The van der Waals surface area contributed by atoms with Crippen LogP contribution in [0, 0.1) is 3.70 Å². The first-order valence-electron chi connectivity index (χ1n) is 2.83. The molecular weight excluding hydrogens is 302 g/mol. The van der Waals surface area contributed by atoms with Gasteiger partial charge in [-0.3, -0.25) is 0 Å². The SMILES string of the molecule is FC(F)(F)c1ccnc(I)c1S. The first-order chi connectivity index (χ1) is 5.43. The molecule has 0 bridgehead atoms. The Morgan fingerprint density at radius 3 is 2.42 bits per heavy atom. The molecule has 0 aromatic carbocycles. The van der Waals surface area contributed by atoms with Crippen molar-refractivity contribution in [1.29, 1.82) is 0 Å². The van der Waals surface area contributed by atoms with Crippen LogP contribution >= 0.6 is 35.2 Å². The molecule has 0 amide bonds. The molecule has 0 atom stereocenters. The van der Waals surface area contributed by atoms with Gasteiger partial charge in [-0.2, -0.15) is 13.2 Å². The number of hydrogen-bond acceptors (Lipinski definition) is 2. The van der Waals surface area contributed by atoms with E-state index >= 15 is 0 Å². The number of aromatic nitrogens is 1. The highest BCUT2D eigenvalue weighted by atomic mass is 127. The lowest BCUT2D eigenvalue weighted by molar-refractivity contribution is -0.139. The highest BCUT2D eigenvalue weighted by molar-refractivity contribution is 14.1. The molecule has 1 aromatic heterocycles. The lowest BCUT2D eigenvalue weighted by Gasteiger charge is -2.08. The Bertz CT molecular complexity index is 299. The Hall–Kier alpha value is 0.0200. The third-order valence-electron chi connectivity index (χ3n) is 1.19. The van der Waals surface area contributed by atoms with Gasteiger partial charge in [0.25, 0.3) is 0 Å². The molecule has 0 unspecified atom stereocenters. The van der Waals surface area contributed by atoms with E-state index in [1.165, 1.54) is 0 Å². The zero-order valence-electron chi connectivity index (χ0n) is 5.56. The van der Waals surface area contributed by atoms with E-state index in [-0.39, 0.29) is 8.60 Å². The van der Waals surface area contributed by atoms with Gasteiger partial charge in [0.2, 0.25) is 0 Å². The molecule has 1 aromatic rings. The van der Waals surface area contributed by atoms with Gasteiger partial charge in [-0.1, -0.05) is 0 Å². The maximum atomic E-state index is 12.1. The highest BCUT2D eigenvalue weighted by Crippen LogP contribution is 2.34. The first-order valence-corrected chi connectivity index (χ1v) is 4.36. The summed E-state index contributed by atoms with van der Waals surface area (Å²) in [6.07, 6.45) is -3.23. The zero-order chi connectivity index (χ0) is 9.35. The number of pyridine rings is 1. The standard InChI is InChI=1S/C6H3F3INS/c7-6(8,9)3-1-2-11-5(10)4(3)12/h1-2,12H. The number of rotatable bonds is 0. The molecule has 0 saturated carbocycles. The summed E-state index contributed by atoms with van der Waals surface area (Å²) in [5.41, 5.74) is -0.745. The van der Waals surface area contributed by atoms with Gasteiger partial charge in [0.1, 0.15) is 3.70 Å². The van der Waals surface area contributed by atoms with Crippen molar-refractivity contribution >= 4 is 35.2 Å². The van der Waals surface area contributed by atoms with E-state index in [1.54, 1.807) is 22.6 Å². The minimum atomic E-state index is -4.35. The second kappa shape index (κ2) is 3.41. The van der Waals surface area contributed by atoms with Crippen molar-refractivity contribution in [2.45, 2.75) is 11.1 Å². The van der Waals surface area contributed by atoms with Crippen LogP contribution in [0.15, 0.2) is 17.2 Å². The summed E-state index contributed by atoms with van der Waals surface area (Å²) >= 11 is 5.42. The molecule has 66 valence electrons. The number of hydrogen-bond donors (Lipinski definition) is 1. The minimum absolute atomic E-state index is 0.120. The summed E-state index contributed by atoms with van der Waals surface area (Å²) in [5, 5.41) is 0. The molecule has 0 fully saturated rings. The molecule has 0 aliphatic heterocycles. The molecule has 0 aliphatic rings. The van der Waals surface area contributed by atoms with E-state index in [0.29, 0.717) is 0 Å². The summed E-state index contributed by atoms with van der Waals surface area (Å²) in [7, 11) is 0. The molecule has 12 heavy (non-hydrogen) atoms. The normalized spacial score (nSPS) is 11.8. The number of thiol groups is 1. The first kappa shape index (κ1) is 10.1. The van der Waals surface area contributed by atoms with E-state index in [0.717, 1.165) is 12.3 Å². The summed E-state index contributed by atoms with van der Waals surface area (Å²) in [6, 6.07) is 0.907. The molecule has 0 radical (unpaired) electrons. The fourth-order valence-electron chi connectivity index (χ4n) is 0.657. The summed E-state index contributed by atoms with van der Waals surface area (Å²) < 4.78 is 36.7. The summed E-state index contributed by atoms with van der Waals surface area (Å²) in [5.74, 6) is 0. The largest absolute Gasteiger partial charge is 0.417 e. The van der Waals surface area contributed by atoms with Gasteiger partial charge < -0.3 is 0 Å². The van der Waals surface area contributed by atoms with Crippen molar-refractivity contribution < 1.29 is 13.2 Å². The van der Waals surface area contributed by atoms with Gasteiger partial charge in [0.05, 0.1) is 5.56 Å². The van der Waals surface area contributed by atoms with Crippen molar-refractivity contribution in [2.75, 3.05) is 0 Å². The van der Waals surface area contributed by atoms with Gasteiger partial charge in [0, 0.05) is 11.1 Å². The fourth-order valence-corrected chi connectivity index (χ4v) is 1.37. The fraction of sp³-hybridized carbons (Fsp3) is 0.167. The maximum Gasteiger partial charge on any atom is 0.417 e. The Morgan fingerprint density at radius 2 is 2.00 bits per heavy atom. The number of alkyl halides is 3. The number of nitrogens with zero attached hydrogens (tertiary/aromatic N) is 1. The van der Waals surface area contributed by atoms with Crippen LogP contribution in [0.1, 0.15) is 5.56 Å². The van der Waals surface area contributed by atoms with Crippen LogP contribution in [0.5, 0.6) is 0 Å². The third-order valence-corrected chi connectivity index (χ3v) is 2.88. The van der Waals surface area contributed by atoms with E-state index in [2.05, 4.69) is 17.6 Å². The summed E-state index contributed by atoms with van der Waals surface area (Å²) in [4.78, 5) is 3.54. The van der Waals surface area contributed by atoms with Crippen LogP contribution in [0.2, 0.25) is 0 Å². The van der Waals surface area contributed by atoms with Crippen LogP contribution in [0.25, 0.3) is 0 Å². The quantitative estimate of drug-likeness (QED) is 0.442. The Labute approximate surface area is 85.9 Å². The molecule has 1 rings (SSSR count). The van der Waals surface area contributed by atoms with Crippen molar-refractivity contribution in [2.24, 2.45) is 0 Å². The van der Waals surface area contributed by atoms with Crippen molar-refractivity contribution in [3.8, 4) is 0 Å². The molecule has 0 saturated heterocycles. The lowest BCUT2D eigenvalue weighted by Crippen LogP contribution is -2.07. The van der Waals surface area contributed by atoms with E-state index in [9.17, 15) is 13.2 Å². The van der Waals surface area contributed by atoms with Gasteiger partial charge in [-0.15, -0.1) is 12.6 Å². The molecular formula is C6H3F3INS. The smallest absolute Gasteiger partial charge is 0.249 e. The van der Waals surface area contributed by atoms with E-state index in [1.807, 2.05) is 0 Å². The monoisotopic (exact) mass is 305 g/mol. The molecule has 0 spiro atoms. The predicted molar refractivity (Wildman–Crippen MR) is 49.2 cm³/mol. The summed E-state index contributed by atoms with van der Waals surface area (Å²) in [6.45, 7) is 0. The Morgan fingerprint density at radius 1 is 1.42 bits per heavy atom. The zero-order valence-corrected chi connectivity index (χ0v) is 8.61. The van der Waals surface area contributed by atoms with Crippen LogP contribution < -0.4 is 0 Å². The predicted octanol–water partition coefficient (Wildman–Crippen LogP) is 2.99. The average Bonchev–Trinajstić information content (AvgIpc) is 1.92. The second-order valence-corrected chi connectivity index (χ2v) is 3.46. The highest BCUT2D eigenvalue weighted by Gasteiger charge is 2.33. The van der Waals surface area contributed by atoms with Gasteiger partial charge in [-0.25, -0.2) is 4.98 Å². The molecule has 0 N–H and O–H groups in total. The minimum Gasteiger partial charge on any atom is -0.249 e. The van der Waals surface area contributed by atoms with E-state index in [4.69, 9.17) is 0 Å². The van der Waals surface area contributed by atoms with Crippen LogP contribution in [0.4, 0.5) is 13.2 Å². The molecule has 1 nitrogen and oxygen atoms in total. The van der Waals surface area contributed by atoms with E-state index < -0.39 is 11.7 Å². The van der Waals surface area contributed by atoms with Crippen LogP contribution in [-0.4, -0.2) is 4.98 Å². The third kappa shape index (κ3) is 2.03.